The predicted octanol–water partition coefficient (Wildman–Crippen LogP) is 5.37. The first-order chi connectivity index (χ1) is 14.8. The van der Waals surface area contributed by atoms with Crippen molar-refractivity contribution in [1.29, 1.82) is 0 Å². The van der Waals surface area contributed by atoms with Crippen LogP contribution in [0.15, 0.2) is 82.6 Å². The van der Waals surface area contributed by atoms with Gasteiger partial charge in [-0.25, -0.2) is 0 Å². The maximum absolute atomic E-state index is 13.7. The molecule has 2 aromatic carbocycles. The lowest BCUT2D eigenvalue weighted by Crippen LogP contribution is -2.36. The molecule has 4 rings (SSSR count). The molecule has 2 aromatic heterocycles. The van der Waals surface area contributed by atoms with Crippen molar-refractivity contribution in [2.75, 3.05) is 6.54 Å². The Bertz CT molecular complexity index is 1020. The van der Waals surface area contributed by atoms with Gasteiger partial charge < -0.3 is 9.32 Å². The summed E-state index contributed by atoms with van der Waals surface area (Å²) in [5, 5.41) is 10.3. The molecule has 5 nitrogen and oxygen atoms in total. The van der Waals surface area contributed by atoms with Gasteiger partial charge in [0.15, 0.2) is 0 Å². The van der Waals surface area contributed by atoms with E-state index in [1.165, 1.54) is 0 Å². The van der Waals surface area contributed by atoms with Crippen LogP contribution in [0.5, 0.6) is 0 Å². The first-order valence-electron chi connectivity index (χ1n) is 10.0. The monoisotopic (exact) mass is 417 g/mol. The molecule has 0 aliphatic rings. The van der Waals surface area contributed by atoms with Gasteiger partial charge in [-0.1, -0.05) is 73.7 Å². The van der Waals surface area contributed by atoms with Gasteiger partial charge in [-0.2, -0.15) is 0 Å². The first-order valence-corrected chi connectivity index (χ1v) is 10.9. The molecule has 2 heterocycles. The molecular weight excluding hydrogens is 394 g/mol. The van der Waals surface area contributed by atoms with Crippen molar-refractivity contribution in [3.63, 3.8) is 0 Å². The molecule has 30 heavy (non-hydrogen) atoms. The van der Waals surface area contributed by atoms with Gasteiger partial charge in [0, 0.05) is 6.54 Å². The highest BCUT2D eigenvalue weighted by atomic mass is 32.1. The van der Waals surface area contributed by atoms with E-state index < -0.39 is 0 Å². The van der Waals surface area contributed by atoms with Crippen molar-refractivity contribution in [1.82, 2.24) is 15.1 Å². The summed E-state index contributed by atoms with van der Waals surface area (Å²) < 4.78 is 5.84. The molecule has 6 heteroatoms. The topological polar surface area (TPSA) is 59.2 Å². The minimum absolute atomic E-state index is 0.0325. The minimum Gasteiger partial charge on any atom is -0.418 e. The maximum Gasteiger partial charge on any atom is 0.257 e. The largest absolute Gasteiger partial charge is 0.418 e. The number of nitrogens with zero attached hydrogens (tertiary/aromatic N) is 3. The molecule has 152 valence electrons. The van der Waals surface area contributed by atoms with E-state index in [0.29, 0.717) is 24.9 Å². The van der Waals surface area contributed by atoms with E-state index in [2.05, 4.69) is 17.1 Å². The van der Waals surface area contributed by atoms with Crippen LogP contribution in [0.3, 0.4) is 0 Å². The zero-order valence-corrected chi connectivity index (χ0v) is 17.6. The number of thiophene rings is 1. The van der Waals surface area contributed by atoms with Gasteiger partial charge in [-0.15, -0.1) is 21.5 Å². The van der Waals surface area contributed by atoms with Crippen LogP contribution in [-0.2, 0) is 11.3 Å². The van der Waals surface area contributed by atoms with Gasteiger partial charge in [0.25, 0.3) is 5.89 Å². The van der Waals surface area contributed by atoms with Crippen molar-refractivity contribution in [3.05, 3.63) is 95.2 Å². The highest BCUT2D eigenvalue weighted by Crippen LogP contribution is 2.28. The quantitative estimate of drug-likeness (QED) is 0.387. The Morgan fingerprint density at radius 1 is 0.967 bits per heavy atom. The summed E-state index contributed by atoms with van der Waals surface area (Å²) in [6, 6.07) is 23.7. The second kappa shape index (κ2) is 9.50. The average molecular weight is 418 g/mol. The summed E-state index contributed by atoms with van der Waals surface area (Å²) in [5.74, 6) is 0.593. The second-order valence-electron chi connectivity index (χ2n) is 6.99. The number of carbonyl (C=O) groups is 1. The van der Waals surface area contributed by atoms with Crippen molar-refractivity contribution in [2.24, 2.45) is 0 Å². The lowest BCUT2D eigenvalue weighted by molar-refractivity contribution is -0.132. The van der Waals surface area contributed by atoms with E-state index in [1.807, 2.05) is 83.1 Å². The molecule has 4 aromatic rings. The van der Waals surface area contributed by atoms with Crippen LogP contribution < -0.4 is 0 Å². The number of aromatic nitrogens is 2. The predicted molar refractivity (Wildman–Crippen MR) is 118 cm³/mol. The highest BCUT2D eigenvalue weighted by Gasteiger charge is 2.28. The zero-order chi connectivity index (χ0) is 20.8. The molecule has 0 spiro atoms. The number of hydrogen-bond acceptors (Lipinski definition) is 5. The number of carbonyl (C=O) groups excluding carboxylic acids is 1. The molecule has 0 fully saturated rings. The minimum atomic E-state index is -0.376. The van der Waals surface area contributed by atoms with Crippen LogP contribution in [-0.4, -0.2) is 27.5 Å². The molecule has 0 atom stereocenters. The number of rotatable bonds is 8. The van der Waals surface area contributed by atoms with E-state index in [0.717, 1.165) is 22.4 Å². The number of amides is 1. The third-order valence-corrected chi connectivity index (χ3v) is 5.70. The highest BCUT2D eigenvalue weighted by molar-refractivity contribution is 7.13. The van der Waals surface area contributed by atoms with E-state index in [1.54, 1.807) is 11.3 Å². The molecule has 0 bridgehead atoms. The summed E-state index contributed by atoms with van der Waals surface area (Å²) in [6.45, 7) is 2.97. The zero-order valence-electron chi connectivity index (χ0n) is 16.8. The van der Waals surface area contributed by atoms with Crippen molar-refractivity contribution in [2.45, 2.75) is 25.8 Å². The van der Waals surface area contributed by atoms with Gasteiger partial charge in [0.2, 0.25) is 11.8 Å². The van der Waals surface area contributed by atoms with Crippen molar-refractivity contribution < 1.29 is 9.21 Å². The van der Waals surface area contributed by atoms with Crippen LogP contribution in [0.2, 0.25) is 0 Å². The van der Waals surface area contributed by atoms with Gasteiger partial charge in [-0.05, 0) is 29.0 Å². The first kappa shape index (κ1) is 20.0. The third kappa shape index (κ3) is 4.49. The molecule has 0 saturated carbocycles. The van der Waals surface area contributed by atoms with Gasteiger partial charge in [0.05, 0.1) is 17.3 Å². The number of benzene rings is 2. The van der Waals surface area contributed by atoms with Crippen LogP contribution >= 0.6 is 11.3 Å². The third-order valence-electron chi connectivity index (χ3n) is 4.84. The molecule has 0 N–H and O–H groups in total. The van der Waals surface area contributed by atoms with E-state index in [-0.39, 0.29) is 11.8 Å². The Morgan fingerprint density at radius 2 is 1.63 bits per heavy atom. The summed E-state index contributed by atoms with van der Waals surface area (Å²) in [4.78, 5) is 16.5. The molecule has 0 radical (unpaired) electrons. The Balaban J connectivity index is 1.62. The van der Waals surface area contributed by atoms with Crippen molar-refractivity contribution >= 4 is 17.2 Å². The van der Waals surface area contributed by atoms with E-state index >= 15 is 0 Å². The lowest BCUT2D eigenvalue weighted by atomic mass is 9.90. The summed E-state index contributed by atoms with van der Waals surface area (Å²) in [5.41, 5.74) is 1.94. The SMILES string of the molecule is CCCN(Cc1nnc(-c2cccs2)o1)C(=O)C(c1ccccc1)c1ccccc1. The Hall–Kier alpha value is -3.25. The fourth-order valence-electron chi connectivity index (χ4n) is 3.47. The standard InChI is InChI=1S/C24H23N3O2S/c1-2-15-27(17-21-25-26-23(29-21)20-14-9-16-30-20)24(28)22(18-10-5-3-6-11-18)19-12-7-4-8-13-19/h3-14,16,22H,2,15,17H2,1H3. The van der Waals surface area contributed by atoms with Crippen molar-refractivity contribution in [3.8, 4) is 10.8 Å². The molecule has 0 aliphatic carbocycles. The van der Waals surface area contributed by atoms with Gasteiger partial charge in [-0.3, -0.25) is 4.79 Å². The molecule has 0 unspecified atom stereocenters. The molecule has 0 saturated heterocycles. The average Bonchev–Trinajstić information content (AvgIpc) is 3.47. The van der Waals surface area contributed by atoms with E-state index in [4.69, 9.17) is 4.42 Å². The van der Waals surface area contributed by atoms with Crippen LogP contribution in [0.25, 0.3) is 10.8 Å². The second-order valence-corrected chi connectivity index (χ2v) is 7.94. The molecular formula is C24H23N3O2S. The summed E-state index contributed by atoms with van der Waals surface area (Å²) in [6.07, 6.45) is 0.841. The van der Waals surface area contributed by atoms with Gasteiger partial charge >= 0.3 is 0 Å². The lowest BCUT2D eigenvalue weighted by Gasteiger charge is -2.26. The maximum atomic E-state index is 13.7. The molecule has 1 amide bonds. The van der Waals surface area contributed by atoms with Crippen LogP contribution in [0.4, 0.5) is 0 Å². The van der Waals surface area contributed by atoms with Gasteiger partial charge in [0.1, 0.15) is 0 Å². The molecule has 0 aliphatic heterocycles. The summed E-state index contributed by atoms with van der Waals surface area (Å²) >= 11 is 1.55. The Morgan fingerprint density at radius 3 is 2.20 bits per heavy atom. The number of hydrogen-bond donors (Lipinski definition) is 0. The van der Waals surface area contributed by atoms with Crippen LogP contribution in [0.1, 0.15) is 36.3 Å². The Kier molecular flexibility index (Phi) is 6.35. The normalized spacial score (nSPS) is 11.0. The Labute approximate surface area is 180 Å². The van der Waals surface area contributed by atoms with Crippen LogP contribution in [0, 0.1) is 0 Å². The summed E-state index contributed by atoms with van der Waals surface area (Å²) in [7, 11) is 0. The van der Waals surface area contributed by atoms with E-state index in [9.17, 15) is 4.79 Å². The fourth-order valence-corrected chi connectivity index (χ4v) is 4.11. The fraction of sp³-hybridized carbons (Fsp3) is 0.208. The smallest absolute Gasteiger partial charge is 0.257 e.